The van der Waals surface area contributed by atoms with Crippen LogP contribution in [-0.2, 0) is 0 Å². The molecule has 10 rings (SSSR count). The highest BCUT2D eigenvalue weighted by Gasteiger charge is 2.23. The molecule has 0 aliphatic heterocycles. The minimum Gasteiger partial charge on any atom is -0.456 e. The van der Waals surface area contributed by atoms with Crippen molar-refractivity contribution in [3.8, 4) is 11.1 Å². The number of benzene rings is 7. The van der Waals surface area contributed by atoms with Crippen molar-refractivity contribution >= 4 is 82.6 Å². The lowest BCUT2D eigenvalue weighted by molar-refractivity contribution is 0.667. The predicted octanol–water partition coefficient (Wildman–Crippen LogP) is 12.3. The molecule has 0 aliphatic rings. The fourth-order valence-electron chi connectivity index (χ4n) is 7.20. The fraction of sp³-hybridized carbons (Fsp3) is 0. The number of fused-ring (bicyclic) bond motifs is 9. The van der Waals surface area contributed by atoms with E-state index in [1.807, 2.05) is 48.7 Å². The maximum atomic E-state index is 6.54. The number of pyridine rings is 1. The average molecular weight is 603 g/mol. The van der Waals surface area contributed by atoms with Gasteiger partial charge in [-0.25, -0.2) is 0 Å². The Labute approximate surface area is 269 Å². The molecule has 0 atom stereocenters. The number of hydrogen-bond acceptors (Lipinski definition) is 4. The maximum absolute atomic E-state index is 6.54. The molecule has 47 heavy (non-hydrogen) atoms. The molecule has 7 aromatic carbocycles. The van der Waals surface area contributed by atoms with Crippen LogP contribution in [0, 0.1) is 0 Å². The third kappa shape index (κ3) is 3.92. The molecule has 4 nitrogen and oxygen atoms in total. The maximum Gasteiger partial charge on any atom is 0.177 e. The van der Waals surface area contributed by atoms with E-state index in [-0.39, 0.29) is 0 Å². The molecular formula is C43H26N2O2. The molecule has 220 valence electrons. The van der Waals surface area contributed by atoms with E-state index < -0.39 is 0 Å². The van der Waals surface area contributed by atoms with Gasteiger partial charge >= 0.3 is 0 Å². The molecule has 3 aromatic heterocycles. The van der Waals surface area contributed by atoms with Crippen molar-refractivity contribution in [2.45, 2.75) is 0 Å². The van der Waals surface area contributed by atoms with Crippen LogP contribution in [0.5, 0.6) is 0 Å². The summed E-state index contributed by atoms with van der Waals surface area (Å²) in [5, 5.41) is 8.11. The number of rotatable bonds is 4. The lowest BCUT2D eigenvalue weighted by Crippen LogP contribution is -2.10. The van der Waals surface area contributed by atoms with Gasteiger partial charge in [0, 0.05) is 22.7 Å². The third-order valence-electron chi connectivity index (χ3n) is 9.30. The summed E-state index contributed by atoms with van der Waals surface area (Å²) in [7, 11) is 0. The van der Waals surface area contributed by atoms with Crippen molar-refractivity contribution in [3.63, 3.8) is 0 Å². The number of para-hydroxylation sites is 2. The van der Waals surface area contributed by atoms with E-state index in [1.54, 1.807) is 0 Å². The van der Waals surface area contributed by atoms with Gasteiger partial charge in [0.1, 0.15) is 22.3 Å². The summed E-state index contributed by atoms with van der Waals surface area (Å²) in [5.74, 6) is 0. The number of hydrogen-bond donors (Lipinski definition) is 0. The summed E-state index contributed by atoms with van der Waals surface area (Å²) in [5.41, 5.74) is 9.37. The van der Waals surface area contributed by atoms with Crippen LogP contribution in [0.25, 0.3) is 76.7 Å². The van der Waals surface area contributed by atoms with Gasteiger partial charge in [-0.2, -0.15) is 0 Å². The van der Waals surface area contributed by atoms with Gasteiger partial charge in [-0.3, -0.25) is 4.98 Å². The van der Waals surface area contributed by atoms with Gasteiger partial charge in [0.05, 0.1) is 16.8 Å². The molecule has 0 fully saturated rings. The molecule has 3 heterocycles. The van der Waals surface area contributed by atoms with Crippen molar-refractivity contribution in [2.24, 2.45) is 0 Å². The Morgan fingerprint density at radius 3 is 1.96 bits per heavy atom. The minimum absolute atomic E-state index is 0.739. The Balaban J connectivity index is 1.22. The lowest BCUT2D eigenvalue weighted by atomic mass is 9.93. The average Bonchev–Trinajstić information content (AvgIpc) is 3.71. The smallest absolute Gasteiger partial charge is 0.177 e. The first kappa shape index (κ1) is 25.9. The van der Waals surface area contributed by atoms with Crippen LogP contribution in [0.15, 0.2) is 167 Å². The topological polar surface area (TPSA) is 42.4 Å². The molecule has 0 N–H and O–H groups in total. The summed E-state index contributed by atoms with van der Waals surface area (Å²) in [6, 6.07) is 53.0. The van der Waals surface area contributed by atoms with Crippen LogP contribution >= 0.6 is 0 Å². The highest BCUT2D eigenvalue weighted by molar-refractivity contribution is 6.16. The van der Waals surface area contributed by atoms with Crippen LogP contribution < -0.4 is 4.90 Å². The molecule has 0 unspecified atom stereocenters. The summed E-state index contributed by atoms with van der Waals surface area (Å²) in [4.78, 5) is 7.05. The van der Waals surface area contributed by atoms with E-state index in [1.165, 1.54) is 27.1 Å². The zero-order chi connectivity index (χ0) is 30.9. The number of nitrogens with zero attached hydrogens (tertiary/aromatic N) is 2. The Morgan fingerprint density at radius 1 is 0.468 bits per heavy atom. The summed E-state index contributed by atoms with van der Waals surface area (Å²) in [6.07, 6.45) is 1.87. The number of furan rings is 2. The van der Waals surface area contributed by atoms with Crippen molar-refractivity contribution in [1.82, 2.24) is 4.98 Å². The van der Waals surface area contributed by atoms with Crippen LogP contribution in [0.1, 0.15) is 0 Å². The van der Waals surface area contributed by atoms with Gasteiger partial charge in [-0.05, 0) is 87.3 Å². The van der Waals surface area contributed by atoms with Crippen LogP contribution in [0.3, 0.4) is 0 Å². The standard InChI is InChI=1S/C43H26N2O2/c1-2-11-30-28(10-1)26-35(32-13-4-3-12-31(30)32)27-20-22-29(23-21-27)45(36-16-9-19-40-41(36)33-14-5-7-17-38(33)46-40)37-24-25-44-42-34-15-6-8-18-39(34)47-43(37)42/h1-26H. The van der Waals surface area contributed by atoms with Crippen molar-refractivity contribution in [3.05, 3.63) is 158 Å². The number of anilines is 3. The molecule has 0 bridgehead atoms. The Bertz CT molecular complexity index is 2810. The van der Waals surface area contributed by atoms with Crippen LogP contribution in [0.4, 0.5) is 17.1 Å². The Morgan fingerprint density at radius 2 is 1.13 bits per heavy atom. The van der Waals surface area contributed by atoms with Gasteiger partial charge in [0.25, 0.3) is 0 Å². The van der Waals surface area contributed by atoms with Gasteiger partial charge in [-0.15, -0.1) is 0 Å². The monoisotopic (exact) mass is 602 g/mol. The predicted molar refractivity (Wildman–Crippen MR) is 194 cm³/mol. The fourth-order valence-corrected chi connectivity index (χ4v) is 7.20. The SMILES string of the molecule is c1ccc2c(c1)cc(-c1ccc(N(c3ccnc4c3oc3ccccc34)c3cccc4oc5ccccc5c34)cc1)c1ccccc12. The molecule has 0 amide bonds. The van der Waals surface area contributed by atoms with E-state index in [0.29, 0.717) is 0 Å². The quantitative estimate of drug-likeness (QED) is 0.188. The third-order valence-corrected chi connectivity index (χ3v) is 9.30. The van der Waals surface area contributed by atoms with E-state index in [0.717, 1.165) is 66.6 Å². The van der Waals surface area contributed by atoms with E-state index in [4.69, 9.17) is 13.8 Å². The second-order valence-electron chi connectivity index (χ2n) is 11.9. The molecule has 10 aromatic rings. The normalized spacial score (nSPS) is 11.8. The van der Waals surface area contributed by atoms with E-state index in [9.17, 15) is 0 Å². The van der Waals surface area contributed by atoms with Crippen molar-refractivity contribution in [1.29, 1.82) is 0 Å². The zero-order valence-electron chi connectivity index (χ0n) is 25.2. The first-order chi connectivity index (χ1) is 23.3. The highest BCUT2D eigenvalue weighted by Crippen LogP contribution is 2.46. The highest BCUT2D eigenvalue weighted by atomic mass is 16.3. The first-order valence-electron chi connectivity index (χ1n) is 15.8. The van der Waals surface area contributed by atoms with Gasteiger partial charge in [0.2, 0.25) is 0 Å². The Kier molecular flexibility index (Phi) is 5.54. The molecule has 0 spiro atoms. The van der Waals surface area contributed by atoms with Crippen LogP contribution in [0.2, 0.25) is 0 Å². The Hall–Kier alpha value is -6.39. The second kappa shape index (κ2) is 10.1. The van der Waals surface area contributed by atoms with Crippen molar-refractivity contribution < 1.29 is 8.83 Å². The molecule has 0 saturated carbocycles. The van der Waals surface area contributed by atoms with E-state index >= 15 is 0 Å². The molecule has 0 radical (unpaired) electrons. The molecular weight excluding hydrogens is 576 g/mol. The molecule has 4 heteroatoms. The van der Waals surface area contributed by atoms with Gasteiger partial charge in [0.15, 0.2) is 5.58 Å². The van der Waals surface area contributed by atoms with Crippen LogP contribution in [-0.4, -0.2) is 4.98 Å². The first-order valence-corrected chi connectivity index (χ1v) is 15.8. The van der Waals surface area contributed by atoms with Gasteiger partial charge < -0.3 is 13.7 Å². The second-order valence-corrected chi connectivity index (χ2v) is 11.9. The zero-order valence-corrected chi connectivity index (χ0v) is 25.2. The van der Waals surface area contributed by atoms with Crippen molar-refractivity contribution in [2.75, 3.05) is 4.90 Å². The summed E-state index contributed by atoms with van der Waals surface area (Å²) < 4.78 is 12.9. The van der Waals surface area contributed by atoms with Gasteiger partial charge in [-0.1, -0.05) is 97.1 Å². The van der Waals surface area contributed by atoms with E-state index in [2.05, 4.69) is 114 Å². The molecule has 0 saturated heterocycles. The summed E-state index contributed by atoms with van der Waals surface area (Å²) in [6.45, 7) is 0. The summed E-state index contributed by atoms with van der Waals surface area (Å²) >= 11 is 0. The number of aromatic nitrogens is 1. The molecule has 0 aliphatic carbocycles. The minimum atomic E-state index is 0.739. The lowest BCUT2D eigenvalue weighted by Gasteiger charge is -2.26. The largest absolute Gasteiger partial charge is 0.456 e.